The number of nitrogens with zero attached hydrogens (tertiary/aromatic N) is 2. The summed E-state index contributed by atoms with van der Waals surface area (Å²) < 4.78 is 15.7. The Labute approximate surface area is 151 Å². The zero-order chi connectivity index (χ0) is 18.9. The summed E-state index contributed by atoms with van der Waals surface area (Å²) in [5.41, 5.74) is 4.37. The summed E-state index contributed by atoms with van der Waals surface area (Å²) in [6, 6.07) is 10.3. The molecule has 0 aliphatic rings. The molecule has 0 unspecified atom stereocenters. The highest BCUT2D eigenvalue weighted by molar-refractivity contribution is 5.81. The van der Waals surface area contributed by atoms with Gasteiger partial charge in [0.05, 0.1) is 38.5 Å². The van der Waals surface area contributed by atoms with Crippen LogP contribution in [0.1, 0.15) is 18.1 Å². The van der Waals surface area contributed by atoms with E-state index in [1.807, 2.05) is 18.2 Å². The highest BCUT2D eigenvalue weighted by Crippen LogP contribution is 2.28. The topological polar surface area (TPSA) is 95.2 Å². The van der Waals surface area contributed by atoms with Gasteiger partial charge in [-0.05, 0) is 36.8 Å². The predicted octanol–water partition coefficient (Wildman–Crippen LogP) is 3.13. The van der Waals surface area contributed by atoms with Crippen molar-refractivity contribution in [3.63, 3.8) is 0 Å². The van der Waals surface area contributed by atoms with Gasteiger partial charge in [0.15, 0.2) is 17.2 Å². The predicted molar refractivity (Wildman–Crippen MR) is 98.2 cm³/mol. The minimum absolute atomic E-state index is 0.0873. The number of hydrogen-bond donors (Lipinski definition) is 1. The normalized spacial score (nSPS) is 10.6. The largest absolute Gasteiger partial charge is 0.493 e. The Morgan fingerprint density at radius 2 is 1.85 bits per heavy atom. The maximum Gasteiger partial charge on any atom is 0.311 e. The lowest BCUT2D eigenvalue weighted by Crippen LogP contribution is -2.06. The number of hydrazone groups is 1. The van der Waals surface area contributed by atoms with Crippen LogP contribution in [0, 0.1) is 10.1 Å². The third-order valence-electron chi connectivity index (χ3n) is 3.52. The molecule has 2 rings (SSSR count). The van der Waals surface area contributed by atoms with Gasteiger partial charge < -0.3 is 19.6 Å². The molecular weight excluding hydrogens is 338 g/mol. The molecule has 0 spiro atoms. The summed E-state index contributed by atoms with van der Waals surface area (Å²) in [5, 5.41) is 15.2. The van der Waals surface area contributed by atoms with Crippen molar-refractivity contribution in [2.24, 2.45) is 5.10 Å². The fourth-order valence-electron chi connectivity index (χ4n) is 2.28. The first kappa shape index (κ1) is 19.0. The summed E-state index contributed by atoms with van der Waals surface area (Å²) in [6.07, 6.45) is 1.52. The lowest BCUT2D eigenvalue weighted by atomic mass is 10.2. The Hall–Kier alpha value is -3.29. The fourth-order valence-corrected chi connectivity index (χ4v) is 2.28. The molecule has 2 aromatic carbocycles. The molecule has 0 saturated heterocycles. The zero-order valence-corrected chi connectivity index (χ0v) is 14.9. The summed E-state index contributed by atoms with van der Waals surface area (Å²) in [7, 11) is 3.15. The van der Waals surface area contributed by atoms with E-state index in [0.717, 1.165) is 5.56 Å². The number of nitrogens with one attached hydrogen (secondary N) is 1. The summed E-state index contributed by atoms with van der Waals surface area (Å²) >= 11 is 0. The van der Waals surface area contributed by atoms with Crippen molar-refractivity contribution >= 4 is 11.9 Å². The summed E-state index contributed by atoms with van der Waals surface area (Å²) in [4.78, 5) is 10.6. The second-order valence-corrected chi connectivity index (χ2v) is 5.20. The lowest BCUT2D eigenvalue weighted by molar-refractivity contribution is -0.385. The van der Waals surface area contributed by atoms with Crippen LogP contribution in [0.3, 0.4) is 0 Å². The van der Waals surface area contributed by atoms with E-state index in [-0.39, 0.29) is 11.4 Å². The molecule has 0 fully saturated rings. The highest BCUT2D eigenvalue weighted by Gasteiger charge is 2.15. The number of benzene rings is 2. The van der Waals surface area contributed by atoms with E-state index in [1.54, 1.807) is 33.3 Å². The minimum atomic E-state index is -0.473. The van der Waals surface area contributed by atoms with E-state index in [0.29, 0.717) is 30.2 Å². The first-order valence-electron chi connectivity index (χ1n) is 7.97. The average Bonchev–Trinajstić information content (AvgIpc) is 2.66. The first-order chi connectivity index (χ1) is 12.6. The third-order valence-corrected chi connectivity index (χ3v) is 3.52. The summed E-state index contributed by atoms with van der Waals surface area (Å²) in [6.45, 7) is 2.61. The number of hydrogen-bond acceptors (Lipinski definition) is 7. The van der Waals surface area contributed by atoms with Crippen molar-refractivity contribution in [1.29, 1.82) is 0 Å². The fraction of sp³-hybridized carbons (Fsp3) is 0.278. The lowest BCUT2D eigenvalue weighted by Gasteiger charge is -2.09. The van der Waals surface area contributed by atoms with Crippen molar-refractivity contribution in [1.82, 2.24) is 5.43 Å². The van der Waals surface area contributed by atoms with E-state index in [9.17, 15) is 10.1 Å². The van der Waals surface area contributed by atoms with Gasteiger partial charge in [-0.2, -0.15) is 5.10 Å². The molecule has 0 aliphatic heterocycles. The van der Waals surface area contributed by atoms with Gasteiger partial charge in [0, 0.05) is 11.6 Å². The van der Waals surface area contributed by atoms with E-state index in [4.69, 9.17) is 14.2 Å². The molecule has 8 heteroatoms. The molecule has 0 aromatic heterocycles. The van der Waals surface area contributed by atoms with Crippen LogP contribution in [-0.4, -0.2) is 32.0 Å². The molecule has 0 radical (unpaired) electrons. The highest BCUT2D eigenvalue weighted by atomic mass is 16.6. The van der Waals surface area contributed by atoms with Gasteiger partial charge in [0.25, 0.3) is 0 Å². The maximum absolute atomic E-state index is 11.1. The molecule has 0 atom stereocenters. The van der Waals surface area contributed by atoms with Gasteiger partial charge in [-0.25, -0.2) is 0 Å². The smallest absolute Gasteiger partial charge is 0.311 e. The van der Waals surface area contributed by atoms with E-state index < -0.39 is 4.92 Å². The van der Waals surface area contributed by atoms with Crippen molar-refractivity contribution in [2.75, 3.05) is 20.8 Å². The van der Waals surface area contributed by atoms with Crippen LogP contribution >= 0.6 is 0 Å². The van der Waals surface area contributed by atoms with Gasteiger partial charge in [-0.1, -0.05) is 6.07 Å². The van der Waals surface area contributed by atoms with E-state index >= 15 is 0 Å². The van der Waals surface area contributed by atoms with Gasteiger partial charge in [0.1, 0.15) is 0 Å². The Morgan fingerprint density at radius 1 is 1.12 bits per heavy atom. The Kier molecular flexibility index (Phi) is 6.78. The molecule has 138 valence electrons. The molecule has 8 nitrogen and oxygen atoms in total. The molecule has 0 amide bonds. The van der Waals surface area contributed by atoms with Crippen molar-refractivity contribution in [3.8, 4) is 17.2 Å². The molecule has 0 bridgehead atoms. The second kappa shape index (κ2) is 9.26. The Balaban J connectivity index is 2.02. The quantitative estimate of drug-likeness (QED) is 0.420. The molecule has 0 aliphatic carbocycles. The third kappa shape index (κ3) is 4.85. The minimum Gasteiger partial charge on any atom is -0.493 e. The average molecular weight is 359 g/mol. The molecule has 2 aromatic rings. The number of nitro benzene ring substituents is 1. The van der Waals surface area contributed by atoms with Crippen LogP contribution in [-0.2, 0) is 6.54 Å². The van der Waals surface area contributed by atoms with Crippen LogP contribution in [0.2, 0.25) is 0 Å². The zero-order valence-electron chi connectivity index (χ0n) is 14.9. The van der Waals surface area contributed by atoms with E-state index in [1.165, 1.54) is 12.3 Å². The second-order valence-electron chi connectivity index (χ2n) is 5.20. The number of ether oxygens (including phenoxy) is 3. The molecular formula is C18H21N3O5. The van der Waals surface area contributed by atoms with Crippen LogP contribution in [0.4, 0.5) is 5.69 Å². The standard InChI is InChI=1S/C18H21N3O5/c1-4-26-16-7-5-13(9-15(16)21(22)23)11-19-20-12-14-6-8-17(24-2)18(10-14)25-3/h5-11,20H,4,12H2,1-3H3/b19-11+. The number of nitro groups is 1. The monoisotopic (exact) mass is 359 g/mol. The van der Waals surface area contributed by atoms with Crippen molar-refractivity contribution in [2.45, 2.75) is 13.5 Å². The van der Waals surface area contributed by atoms with E-state index in [2.05, 4.69) is 10.5 Å². The molecule has 1 N–H and O–H groups in total. The van der Waals surface area contributed by atoms with Crippen LogP contribution in [0.15, 0.2) is 41.5 Å². The van der Waals surface area contributed by atoms with Gasteiger partial charge >= 0.3 is 5.69 Å². The first-order valence-corrected chi connectivity index (χ1v) is 7.97. The SMILES string of the molecule is CCOc1ccc(/C=N/NCc2ccc(OC)c(OC)c2)cc1[N+](=O)[O-]. The number of rotatable bonds is 9. The van der Waals surface area contributed by atoms with Gasteiger partial charge in [-0.3, -0.25) is 10.1 Å². The molecule has 26 heavy (non-hydrogen) atoms. The van der Waals surface area contributed by atoms with Crippen molar-refractivity contribution in [3.05, 3.63) is 57.6 Å². The maximum atomic E-state index is 11.1. The van der Waals surface area contributed by atoms with Crippen LogP contribution < -0.4 is 19.6 Å². The Morgan fingerprint density at radius 3 is 2.50 bits per heavy atom. The van der Waals surface area contributed by atoms with Crippen LogP contribution in [0.5, 0.6) is 17.2 Å². The summed E-state index contributed by atoms with van der Waals surface area (Å²) in [5.74, 6) is 1.53. The number of methoxy groups -OCH3 is 2. The molecule has 0 heterocycles. The van der Waals surface area contributed by atoms with Crippen LogP contribution in [0.25, 0.3) is 0 Å². The Bertz CT molecular complexity index is 792. The molecule has 0 saturated carbocycles. The van der Waals surface area contributed by atoms with Gasteiger partial charge in [-0.15, -0.1) is 0 Å². The van der Waals surface area contributed by atoms with Crippen molar-refractivity contribution < 1.29 is 19.1 Å². The van der Waals surface area contributed by atoms with Gasteiger partial charge in [0.2, 0.25) is 0 Å².